The van der Waals surface area contributed by atoms with Crippen LogP contribution in [0.25, 0.3) is 22.5 Å². The molecule has 4 aromatic rings. The number of carbonyl (C=O) groups excluding carboxylic acids is 3. The Morgan fingerprint density at radius 3 is 2.03 bits per heavy atom. The van der Waals surface area contributed by atoms with Crippen molar-refractivity contribution < 1.29 is 45.1 Å². The van der Waals surface area contributed by atoms with Gasteiger partial charge in [0.05, 0.1) is 0 Å². The molecule has 2 aliphatic rings. The largest absolute Gasteiger partial charge is 0.460 e. The predicted octanol–water partition coefficient (Wildman–Crippen LogP) is 8.19. The number of nitrogens with zero attached hydrogens (tertiary/aromatic N) is 3. The summed E-state index contributed by atoms with van der Waals surface area (Å²) in [6, 6.07) is 17.9. The van der Waals surface area contributed by atoms with Crippen LogP contribution in [-0.2, 0) is 21.9 Å². The van der Waals surface area contributed by atoms with Crippen LogP contribution >= 0.6 is 12.4 Å². The van der Waals surface area contributed by atoms with Gasteiger partial charge in [0.1, 0.15) is 6.04 Å². The molecule has 3 amide bonds. The Kier molecular flexibility index (Phi) is 15.7. The van der Waals surface area contributed by atoms with Gasteiger partial charge < -0.3 is 26.6 Å². The Morgan fingerprint density at radius 2 is 1.46 bits per heavy atom. The molecule has 11 nitrogen and oxygen atoms in total. The van der Waals surface area contributed by atoms with Gasteiger partial charge in [-0.3, -0.25) is 19.5 Å². The van der Waals surface area contributed by atoms with E-state index in [-0.39, 0.29) is 53.9 Å². The molecule has 2 saturated carbocycles. The molecule has 0 spiro atoms. The van der Waals surface area contributed by atoms with Gasteiger partial charge in [-0.2, -0.15) is 35.8 Å². The maximum absolute atomic E-state index is 14.2. The van der Waals surface area contributed by atoms with Gasteiger partial charge in [0.2, 0.25) is 17.6 Å². The summed E-state index contributed by atoms with van der Waals surface area (Å²) in [6.07, 6.45) is 0.320. The summed E-state index contributed by atoms with van der Waals surface area (Å²) in [5.74, 6) is -15.7. The van der Waals surface area contributed by atoms with Gasteiger partial charge in [-0.25, -0.2) is 4.98 Å². The lowest BCUT2D eigenvalue weighted by molar-refractivity contribution is -0.361. The van der Waals surface area contributed by atoms with E-state index in [0.29, 0.717) is 36.9 Å². The van der Waals surface area contributed by atoms with Crippen LogP contribution in [0.15, 0.2) is 66.7 Å². The number of anilines is 1. The van der Waals surface area contributed by atoms with E-state index in [1.807, 2.05) is 54.5 Å². The molecule has 2 aliphatic carbocycles. The fourth-order valence-electron chi connectivity index (χ4n) is 8.14. The molecule has 6 N–H and O–H groups in total. The normalized spacial score (nSPS) is 20.1. The molecule has 342 valence electrons. The SMILES string of the molecule is Cc1cc(C(=O)NC2CCC(N(C)C)CC2)ccc1-c1ccc(C[C@H](NC(=O)[C@H]2CC[C@H](CN)CC2)C(=O)Nc2ccc(-c3nc(C(F)(F)C(F)(F)C(F)(F)F)n[nH]3)cc2)cc1.Cl. The van der Waals surface area contributed by atoms with Gasteiger partial charge in [0.15, 0.2) is 5.82 Å². The minimum atomic E-state index is -6.55. The first-order chi connectivity index (χ1) is 29.3. The van der Waals surface area contributed by atoms with Gasteiger partial charge in [-0.1, -0.05) is 30.3 Å². The smallest absolute Gasteiger partial charge is 0.349 e. The highest BCUT2D eigenvalue weighted by atomic mass is 35.5. The van der Waals surface area contributed by atoms with Crippen LogP contribution < -0.4 is 21.7 Å². The quantitative estimate of drug-likeness (QED) is 0.0799. The van der Waals surface area contributed by atoms with Crippen molar-refractivity contribution in [3.8, 4) is 22.5 Å². The zero-order chi connectivity index (χ0) is 45.0. The molecular formula is C44H52ClF7N8O3. The minimum absolute atomic E-state index is 0. The number of nitrogens with two attached hydrogens (primary N) is 1. The van der Waals surface area contributed by atoms with E-state index in [2.05, 4.69) is 45.0 Å². The Morgan fingerprint density at radius 1 is 0.841 bits per heavy atom. The Hall–Kier alpha value is -5.07. The van der Waals surface area contributed by atoms with E-state index in [4.69, 9.17) is 5.73 Å². The van der Waals surface area contributed by atoms with E-state index in [1.54, 1.807) is 0 Å². The average molecular weight is 909 g/mol. The molecule has 3 aromatic carbocycles. The third kappa shape index (κ3) is 11.4. The van der Waals surface area contributed by atoms with Crippen LogP contribution in [0.1, 0.15) is 78.7 Å². The Labute approximate surface area is 367 Å². The number of carbonyl (C=O) groups is 3. The van der Waals surface area contributed by atoms with Crippen molar-refractivity contribution >= 4 is 35.8 Å². The summed E-state index contributed by atoms with van der Waals surface area (Å²) < 4.78 is 93.5. The second-order valence-corrected chi connectivity index (χ2v) is 16.6. The first-order valence-electron chi connectivity index (χ1n) is 20.6. The number of benzene rings is 3. The van der Waals surface area contributed by atoms with E-state index >= 15 is 0 Å². The van der Waals surface area contributed by atoms with Gasteiger partial charge in [0, 0.05) is 41.2 Å². The maximum Gasteiger partial charge on any atom is 0.460 e. The maximum atomic E-state index is 14.2. The topological polar surface area (TPSA) is 158 Å². The second kappa shape index (κ2) is 20.2. The number of aromatic nitrogens is 3. The highest BCUT2D eigenvalue weighted by Crippen LogP contribution is 2.51. The molecule has 0 unspecified atom stereocenters. The van der Waals surface area contributed by atoms with Gasteiger partial charge >= 0.3 is 18.0 Å². The van der Waals surface area contributed by atoms with Gasteiger partial charge in [-0.15, -0.1) is 12.4 Å². The van der Waals surface area contributed by atoms with Gasteiger partial charge in [-0.05, 0) is 144 Å². The average Bonchev–Trinajstić information content (AvgIpc) is 3.75. The van der Waals surface area contributed by atoms with Crippen molar-refractivity contribution in [2.45, 2.75) is 101 Å². The standard InChI is InChI=1S/C44H51F7N8O3.ClH/c1-25-22-31(39(61)53-33-17-19-34(20-18-33)59(2)3)14-21-35(25)28-8-4-26(5-9-28)23-36(55-38(60)30-10-6-27(24-52)7-11-30)40(62)54-32-15-12-29(13-16-32)37-56-41(58-57-37)42(45,46)43(47,48)44(49,50)51;/h4-5,8-9,12-16,21-22,27,30,33-34,36H,6-7,10-11,17-20,23-24,52H2,1-3H3,(H,53,61)(H,54,62)(H,55,60)(H,56,57,58);1H/t27-,30-,33?,34?,36-;/m0./s1. The fraction of sp³-hybridized carbons (Fsp3) is 0.477. The molecule has 1 aromatic heterocycles. The molecule has 2 fully saturated rings. The van der Waals surface area contributed by atoms with Crippen LogP contribution in [0.3, 0.4) is 0 Å². The summed E-state index contributed by atoms with van der Waals surface area (Å²) in [7, 11) is 4.16. The molecule has 19 heteroatoms. The van der Waals surface area contributed by atoms with E-state index in [1.165, 1.54) is 24.3 Å². The first kappa shape index (κ1) is 49.0. The van der Waals surface area contributed by atoms with E-state index in [0.717, 1.165) is 60.8 Å². The summed E-state index contributed by atoms with van der Waals surface area (Å²) in [4.78, 5) is 45.9. The first-order valence-corrected chi connectivity index (χ1v) is 20.6. The second-order valence-electron chi connectivity index (χ2n) is 16.6. The molecule has 0 saturated heterocycles. The van der Waals surface area contributed by atoms with Crippen LogP contribution in [0, 0.1) is 18.8 Å². The van der Waals surface area contributed by atoms with Crippen molar-refractivity contribution in [2.24, 2.45) is 17.6 Å². The molecule has 6 rings (SSSR count). The molecular weight excluding hydrogens is 857 g/mol. The molecule has 1 atom stereocenters. The van der Waals surface area contributed by atoms with Gasteiger partial charge in [0.25, 0.3) is 5.91 Å². The highest BCUT2D eigenvalue weighted by molar-refractivity contribution is 5.98. The van der Waals surface area contributed by atoms with Crippen molar-refractivity contribution in [2.75, 3.05) is 26.0 Å². The number of rotatable bonds is 14. The lowest BCUT2D eigenvalue weighted by atomic mass is 9.81. The number of alkyl halides is 7. The summed E-state index contributed by atoms with van der Waals surface area (Å²) in [5.41, 5.74) is 10.1. The number of aryl methyl sites for hydroxylation is 1. The number of amides is 3. The van der Waals surface area contributed by atoms with E-state index < -0.39 is 41.6 Å². The van der Waals surface area contributed by atoms with E-state index in [9.17, 15) is 45.1 Å². The van der Waals surface area contributed by atoms with Crippen LogP contribution in [0.2, 0.25) is 0 Å². The zero-order valence-electron chi connectivity index (χ0n) is 35.0. The van der Waals surface area contributed by atoms with Crippen LogP contribution in [-0.4, -0.2) is 88.7 Å². The molecule has 1 heterocycles. The Balaban J connectivity index is 0.00000748. The Bertz CT molecular complexity index is 2190. The summed E-state index contributed by atoms with van der Waals surface area (Å²) in [5, 5.41) is 13.7. The third-order valence-electron chi connectivity index (χ3n) is 12.1. The lowest BCUT2D eigenvalue weighted by Crippen LogP contribution is -2.50. The highest BCUT2D eigenvalue weighted by Gasteiger charge is 2.75. The zero-order valence-corrected chi connectivity index (χ0v) is 35.8. The lowest BCUT2D eigenvalue weighted by Gasteiger charge is -2.33. The van der Waals surface area contributed by atoms with Crippen LogP contribution in [0.5, 0.6) is 0 Å². The number of aromatic amines is 1. The number of nitrogens with one attached hydrogen (secondary N) is 4. The molecule has 0 radical (unpaired) electrons. The number of H-pyrrole nitrogens is 1. The third-order valence-corrected chi connectivity index (χ3v) is 12.1. The number of hydrogen-bond donors (Lipinski definition) is 5. The summed E-state index contributed by atoms with van der Waals surface area (Å²) in [6.45, 7) is 2.47. The van der Waals surface area contributed by atoms with Crippen molar-refractivity contribution in [1.82, 2.24) is 30.7 Å². The molecule has 0 aliphatic heterocycles. The monoisotopic (exact) mass is 908 g/mol. The summed E-state index contributed by atoms with van der Waals surface area (Å²) >= 11 is 0. The van der Waals surface area contributed by atoms with Crippen LogP contribution in [0.4, 0.5) is 36.4 Å². The number of hydrogen-bond acceptors (Lipinski definition) is 7. The van der Waals surface area contributed by atoms with Crippen molar-refractivity contribution in [1.29, 1.82) is 0 Å². The molecule has 0 bridgehead atoms. The molecule has 63 heavy (non-hydrogen) atoms. The predicted molar refractivity (Wildman–Crippen MR) is 227 cm³/mol. The van der Waals surface area contributed by atoms with Crippen molar-refractivity contribution in [3.05, 3.63) is 89.2 Å². The van der Waals surface area contributed by atoms with Crippen molar-refractivity contribution in [3.63, 3.8) is 0 Å². The fourth-order valence-corrected chi connectivity index (χ4v) is 8.14. The number of halogens is 8. The minimum Gasteiger partial charge on any atom is -0.349 e.